The Morgan fingerprint density at radius 1 is 1.04 bits per heavy atom. The lowest BCUT2D eigenvalue weighted by Gasteiger charge is -2.34. The Kier molecular flexibility index (Phi) is 6.17. The normalized spacial score (nSPS) is 21.0. The molecule has 5 nitrogen and oxygen atoms in total. The molecule has 0 spiro atoms. The van der Waals surface area contributed by atoms with Crippen LogP contribution in [0.15, 0.2) is 24.3 Å². The van der Waals surface area contributed by atoms with Gasteiger partial charge in [0.05, 0.1) is 0 Å². The number of rotatable bonds is 3. The third kappa shape index (κ3) is 4.57. The van der Waals surface area contributed by atoms with Gasteiger partial charge in [-0.3, -0.25) is 4.79 Å². The number of hydrogen-bond donors (Lipinski definition) is 1. The number of amides is 3. The van der Waals surface area contributed by atoms with Crippen molar-refractivity contribution >= 4 is 11.9 Å². The first-order valence-corrected chi connectivity index (χ1v) is 9.99. The fourth-order valence-corrected chi connectivity index (χ4v) is 3.98. The van der Waals surface area contributed by atoms with Crippen molar-refractivity contribution in [2.24, 2.45) is 0 Å². The number of urea groups is 1. The average Bonchev–Trinajstić information content (AvgIpc) is 2.68. The van der Waals surface area contributed by atoms with E-state index in [-0.39, 0.29) is 18.0 Å². The number of nitrogens with one attached hydrogen (secondary N) is 1. The average molecular weight is 357 g/mol. The number of hydrogen-bond acceptors (Lipinski definition) is 2. The number of carbonyl (C=O) groups is 2. The third-order valence-corrected chi connectivity index (χ3v) is 5.37. The summed E-state index contributed by atoms with van der Waals surface area (Å²) in [6, 6.07) is 8.22. The number of piperidine rings is 2. The van der Waals surface area contributed by atoms with Gasteiger partial charge >= 0.3 is 6.03 Å². The summed E-state index contributed by atoms with van der Waals surface area (Å²) in [5, 5.41) is 2.98. The van der Waals surface area contributed by atoms with Crippen molar-refractivity contribution < 1.29 is 9.59 Å². The Labute approximate surface area is 156 Å². The molecule has 1 N–H and O–H groups in total. The van der Waals surface area contributed by atoms with Gasteiger partial charge in [0.25, 0.3) is 5.91 Å². The molecule has 142 valence electrons. The quantitative estimate of drug-likeness (QED) is 0.898. The molecule has 0 bridgehead atoms. The highest BCUT2D eigenvalue weighted by atomic mass is 16.2. The van der Waals surface area contributed by atoms with E-state index in [9.17, 15) is 9.59 Å². The first kappa shape index (κ1) is 18.7. The van der Waals surface area contributed by atoms with Gasteiger partial charge in [-0.25, -0.2) is 4.79 Å². The monoisotopic (exact) mass is 357 g/mol. The van der Waals surface area contributed by atoms with Gasteiger partial charge in [-0.05, 0) is 63.6 Å². The predicted molar refractivity (Wildman–Crippen MR) is 103 cm³/mol. The number of benzene rings is 1. The minimum absolute atomic E-state index is 0.0187. The van der Waals surface area contributed by atoms with Crippen LogP contribution in [-0.2, 0) is 0 Å². The smallest absolute Gasteiger partial charge is 0.317 e. The Hall–Kier alpha value is -2.04. The number of nitrogens with zero attached hydrogens (tertiary/aromatic N) is 2. The molecule has 26 heavy (non-hydrogen) atoms. The van der Waals surface area contributed by atoms with Gasteiger partial charge < -0.3 is 15.1 Å². The fourth-order valence-electron chi connectivity index (χ4n) is 3.98. The first-order valence-electron chi connectivity index (χ1n) is 9.99. The van der Waals surface area contributed by atoms with Crippen molar-refractivity contribution in [2.75, 3.05) is 26.2 Å². The summed E-state index contributed by atoms with van der Waals surface area (Å²) in [6.45, 7) is 7.23. The molecule has 2 fully saturated rings. The van der Waals surface area contributed by atoms with E-state index < -0.39 is 0 Å². The topological polar surface area (TPSA) is 52.7 Å². The largest absolute Gasteiger partial charge is 0.339 e. The van der Waals surface area contributed by atoms with E-state index in [4.69, 9.17) is 0 Å². The molecular formula is C21H31N3O2. The van der Waals surface area contributed by atoms with Crippen LogP contribution in [0.3, 0.4) is 0 Å². The van der Waals surface area contributed by atoms with Gasteiger partial charge in [0.2, 0.25) is 0 Å². The van der Waals surface area contributed by atoms with Crippen LogP contribution in [0.2, 0.25) is 0 Å². The molecule has 0 unspecified atom stereocenters. The van der Waals surface area contributed by atoms with Crippen LogP contribution < -0.4 is 5.32 Å². The molecule has 1 aromatic carbocycles. The molecule has 3 amide bonds. The highest BCUT2D eigenvalue weighted by Crippen LogP contribution is 2.28. The molecular weight excluding hydrogens is 326 g/mol. The first-order chi connectivity index (χ1) is 12.5. The van der Waals surface area contributed by atoms with Gasteiger partial charge in [0.15, 0.2) is 0 Å². The minimum Gasteiger partial charge on any atom is -0.339 e. The van der Waals surface area contributed by atoms with Crippen molar-refractivity contribution in [3.8, 4) is 0 Å². The van der Waals surface area contributed by atoms with Crippen LogP contribution in [0, 0.1) is 0 Å². The van der Waals surface area contributed by atoms with E-state index in [1.807, 2.05) is 41.8 Å². The Bertz CT molecular complexity index is 638. The molecule has 5 heteroatoms. The molecule has 0 saturated carbocycles. The van der Waals surface area contributed by atoms with Gasteiger partial charge in [0.1, 0.15) is 0 Å². The highest BCUT2D eigenvalue weighted by Gasteiger charge is 2.26. The lowest BCUT2D eigenvalue weighted by molar-refractivity contribution is 0.0724. The van der Waals surface area contributed by atoms with E-state index >= 15 is 0 Å². The van der Waals surface area contributed by atoms with Crippen molar-refractivity contribution in [1.82, 2.24) is 15.1 Å². The van der Waals surface area contributed by atoms with E-state index in [2.05, 4.69) is 11.4 Å². The van der Waals surface area contributed by atoms with Crippen LogP contribution in [0.25, 0.3) is 0 Å². The molecule has 2 aliphatic heterocycles. The summed E-state index contributed by atoms with van der Waals surface area (Å²) in [5.74, 6) is 0.451. The van der Waals surface area contributed by atoms with Gasteiger partial charge in [0, 0.05) is 43.7 Å². The highest BCUT2D eigenvalue weighted by molar-refractivity contribution is 5.94. The van der Waals surface area contributed by atoms with Crippen molar-refractivity contribution in [1.29, 1.82) is 0 Å². The Morgan fingerprint density at radius 2 is 1.77 bits per heavy atom. The third-order valence-electron chi connectivity index (χ3n) is 5.37. The van der Waals surface area contributed by atoms with Crippen LogP contribution in [0.1, 0.15) is 67.8 Å². The minimum atomic E-state index is 0.0187. The summed E-state index contributed by atoms with van der Waals surface area (Å²) in [5.41, 5.74) is 1.96. The summed E-state index contributed by atoms with van der Waals surface area (Å²) < 4.78 is 0. The lowest BCUT2D eigenvalue weighted by atomic mass is 9.89. The standard InChI is InChI=1S/C21H31N3O2/c1-16(2)22-21(26)24-13-7-10-19(15-24)17-8-6-9-18(14-17)20(25)23-11-4-3-5-12-23/h6,8-9,14,16,19H,3-5,7,10-13,15H2,1-2H3,(H,22,26)/t19-/m0/s1. The van der Waals surface area contributed by atoms with E-state index in [1.165, 1.54) is 12.0 Å². The molecule has 0 radical (unpaired) electrons. The van der Waals surface area contributed by atoms with E-state index in [0.29, 0.717) is 5.92 Å². The van der Waals surface area contributed by atoms with Crippen LogP contribution in [0.5, 0.6) is 0 Å². The van der Waals surface area contributed by atoms with Gasteiger partial charge in [-0.15, -0.1) is 0 Å². The molecule has 1 aromatic rings. The predicted octanol–water partition coefficient (Wildman–Crippen LogP) is 3.61. The molecule has 0 aliphatic carbocycles. The summed E-state index contributed by atoms with van der Waals surface area (Å²) in [7, 11) is 0. The number of carbonyl (C=O) groups excluding carboxylic acids is 2. The van der Waals surface area contributed by atoms with Gasteiger partial charge in [-0.1, -0.05) is 12.1 Å². The second kappa shape index (κ2) is 8.56. The number of likely N-dealkylation sites (tertiary alicyclic amines) is 2. The Balaban J connectivity index is 1.69. The van der Waals surface area contributed by atoms with Crippen molar-refractivity contribution in [3.63, 3.8) is 0 Å². The maximum atomic E-state index is 12.8. The Morgan fingerprint density at radius 3 is 2.50 bits per heavy atom. The zero-order valence-electron chi connectivity index (χ0n) is 16.0. The molecule has 2 saturated heterocycles. The SMILES string of the molecule is CC(C)NC(=O)N1CCC[C@H](c2cccc(C(=O)N3CCCCC3)c2)C1. The second-order valence-electron chi connectivity index (χ2n) is 7.87. The molecule has 2 aliphatic rings. The van der Waals surface area contributed by atoms with Crippen LogP contribution in [0.4, 0.5) is 4.79 Å². The molecule has 2 heterocycles. The fraction of sp³-hybridized carbons (Fsp3) is 0.619. The van der Waals surface area contributed by atoms with Crippen LogP contribution >= 0.6 is 0 Å². The maximum Gasteiger partial charge on any atom is 0.317 e. The van der Waals surface area contributed by atoms with Gasteiger partial charge in [-0.2, -0.15) is 0 Å². The molecule has 0 aromatic heterocycles. The molecule has 1 atom stereocenters. The van der Waals surface area contributed by atoms with Crippen molar-refractivity contribution in [3.05, 3.63) is 35.4 Å². The molecule has 3 rings (SSSR count). The summed E-state index contributed by atoms with van der Waals surface area (Å²) in [4.78, 5) is 29.0. The lowest BCUT2D eigenvalue weighted by Crippen LogP contribution is -2.47. The zero-order chi connectivity index (χ0) is 18.5. The van der Waals surface area contributed by atoms with E-state index in [0.717, 1.165) is 57.4 Å². The summed E-state index contributed by atoms with van der Waals surface area (Å²) in [6.07, 6.45) is 5.50. The van der Waals surface area contributed by atoms with E-state index in [1.54, 1.807) is 0 Å². The van der Waals surface area contributed by atoms with Crippen molar-refractivity contribution in [2.45, 2.75) is 57.9 Å². The second-order valence-corrected chi connectivity index (χ2v) is 7.87. The zero-order valence-corrected chi connectivity index (χ0v) is 16.0. The maximum absolute atomic E-state index is 12.8. The summed E-state index contributed by atoms with van der Waals surface area (Å²) >= 11 is 0. The van der Waals surface area contributed by atoms with Crippen LogP contribution in [-0.4, -0.2) is 54.0 Å².